The summed E-state index contributed by atoms with van der Waals surface area (Å²) in [5, 5.41) is 3.09. The van der Waals surface area contributed by atoms with Crippen molar-refractivity contribution in [1.82, 2.24) is 4.90 Å². The van der Waals surface area contributed by atoms with E-state index in [4.69, 9.17) is 14.2 Å². The first-order valence-corrected chi connectivity index (χ1v) is 9.23. The largest absolute Gasteiger partial charge is 0.494 e. The minimum Gasteiger partial charge on any atom is -0.494 e. The molecule has 0 atom stereocenters. The molecule has 7 nitrogen and oxygen atoms in total. The molecule has 0 bridgehead atoms. The van der Waals surface area contributed by atoms with Gasteiger partial charge in [-0.3, -0.25) is 14.5 Å². The molecular formula is C22H20N2O5. The van der Waals surface area contributed by atoms with Crippen LogP contribution in [0.4, 0.5) is 5.69 Å². The zero-order valence-electron chi connectivity index (χ0n) is 15.9. The third kappa shape index (κ3) is 3.42. The van der Waals surface area contributed by atoms with E-state index in [1.165, 1.54) is 6.08 Å². The van der Waals surface area contributed by atoms with Gasteiger partial charge >= 0.3 is 0 Å². The van der Waals surface area contributed by atoms with Gasteiger partial charge in [0, 0.05) is 18.3 Å². The van der Waals surface area contributed by atoms with Crippen LogP contribution in [0.1, 0.15) is 12.5 Å². The lowest BCUT2D eigenvalue weighted by atomic mass is 10.0. The Bertz CT molecular complexity index is 1010. The normalized spacial score (nSPS) is 15.1. The van der Waals surface area contributed by atoms with E-state index in [1.54, 1.807) is 42.5 Å². The fourth-order valence-corrected chi connectivity index (χ4v) is 3.26. The van der Waals surface area contributed by atoms with Gasteiger partial charge in [-0.1, -0.05) is 18.2 Å². The number of carbonyl (C=O) groups excluding carboxylic acids is 2. The summed E-state index contributed by atoms with van der Waals surface area (Å²) in [5.74, 6) is 1.14. The van der Waals surface area contributed by atoms with Crippen molar-refractivity contribution < 1.29 is 23.8 Å². The standard InChI is InChI=1S/C22H20N2O5/c1-3-11-24-21(25)19(14-5-8-16(9-6-14)27-4-2)20(22(24)26)23-15-7-10-17-18(12-15)29-13-28-17/h3,5-10,12,23H,1,4,11,13H2,2H3. The van der Waals surface area contributed by atoms with E-state index in [0.29, 0.717) is 40.7 Å². The Hall–Kier alpha value is -3.74. The van der Waals surface area contributed by atoms with Crippen LogP contribution in [-0.4, -0.2) is 36.7 Å². The highest BCUT2D eigenvalue weighted by Gasteiger charge is 2.38. The molecule has 0 aliphatic carbocycles. The number of rotatable bonds is 7. The van der Waals surface area contributed by atoms with Crippen molar-refractivity contribution >= 4 is 23.1 Å². The average Bonchev–Trinajstić information content (AvgIpc) is 3.28. The predicted octanol–water partition coefficient (Wildman–Crippen LogP) is 3.19. The van der Waals surface area contributed by atoms with Gasteiger partial charge in [-0.15, -0.1) is 6.58 Å². The maximum absolute atomic E-state index is 13.0. The van der Waals surface area contributed by atoms with Gasteiger partial charge in [0.25, 0.3) is 11.8 Å². The van der Waals surface area contributed by atoms with Gasteiger partial charge in [0.15, 0.2) is 11.5 Å². The molecule has 4 rings (SSSR count). The molecule has 2 aliphatic rings. The highest BCUT2D eigenvalue weighted by molar-refractivity contribution is 6.36. The summed E-state index contributed by atoms with van der Waals surface area (Å²) in [6.45, 7) is 6.37. The molecule has 0 spiro atoms. The monoisotopic (exact) mass is 392 g/mol. The molecule has 29 heavy (non-hydrogen) atoms. The topological polar surface area (TPSA) is 77.1 Å². The van der Waals surface area contributed by atoms with E-state index in [9.17, 15) is 9.59 Å². The molecule has 2 heterocycles. The Morgan fingerprint density at radius 3 is 2.59 bits per heavy atom. The van der Waals surface area contributed by atoms with Crippen molar-refractivity contribution in [3.05, 3.63) is 66.4 Å². The number of carbonyl (C=O) groups is 2. The van der Waals surface area contributed by atoms with Crippen LogP contribution in [0.15, 0.2) is 60.8 Å². The first-order chi connectivity index (χ1) is 14.1. The maximum Gasteiger partial charge on any atom is 0.278 e. The van der Waals surface area contributed by atoms with Crippen LogP contribution >= 0.6 is 0 Å². The quantitative estimate of drug-likeness (QED) is 0.576. The summed E-state index contributed by atoms with van der Waals surface area (Å²) >= 11 is 0. The van der Waals surface area contributed by atoms with Crippen molar-refractivity contribution in [3.8, 4) is 17.2 Å². The zero-order valence-corrected chi connectivity index (χ0v) is 15.9. The number of benzene rings is 2. The smallest absolute Gasteiger partial charge is 0.278 e. The molecule has 148 valence electrons. The Labute approximate surface area is 168 Å². The number of imide groups is 1. The van der Waals surface area contributed by atoms with Gasteiger partial charge in [-0.2, -0.15) is 0 Å². The van der Waals surface area contributed by atoms with Crippen LogP contribution in [0.2, 0.25) is 0 Å². The lowest BCUT2D eigenvalue weighted by molar-refractivity contribution is -0.136. The van der Waals surface area contributed by atoms with E-state index in [-0.39, 0.29) is 24.9 Å². The van der Waals surface area contributed by atoms with E-state index >= 15 is 0 Å². The lowest BCUT2D eigenvalue weighted by Gasteiger charge is -2.12. The van der Waals surface area contributed by atoms with Gasteiger partial charge in [0.1, 0.15) is 11.4 Å². The highest BCUT2D eigenvalue weighted by atomic mass is 16.7. The predicted molar refractivity (Wildman–Crippen MR) is 108 cm³/mol. The summed E-state index contributed by atoms with van der Waals surface area (Å²) in [4.78, 5) is 27.1. The van der Waals surface area contributed by atoms with Gasteiger partial charge in [0.2, 0.25) is 6.79 Å². The molecule has 2 amide bonds. The molecule has 2 aromatic rings. The molecule has 2 aromatic carbocycles. The van der Waals surface area contributed by atoms with E-state index in [0.717, 1.165) is 4.90 Å². The summed E-state index contributed by atoms with van der Waals surface area (Å²) in [5.41, 5.74) is 1.76. The molecular weight excluding hydrogens is 372 g/mol. The first kappa shape index (κ1) is 18.6. The van der Waals surface area contributed by atoms with Crippen molar-refractivity contribution in [2.75, 3.05) is 25.3 Å². The maximum atomic E-state index is 13.0. The number of anilines is 1. The fraction of sp³-hybridized carbons (Fsp3) is 0.182. The van der Waals surface area contributed by atoms with Gasteiger partial charge in [-0.25, -0.2) is 0 Å². The minimum absolute atomic E-state index is 0.129. The summed E-state index contributed by atoms with van der Waals surface area (Å²) in [6.07, 6.45) is 1.52. The zero-order chi connectivity index (χ0) is 20.4. The fourth-order valence-electron chi connectivity index (χ4n) is 3.26. The summed E-state index contributed by atoms with van der Waals surface area (Å²) in [6, 6.07) is 12.3. The van der Waals surface area contributed by atoms with Crippen LogP contribution in [0, 0.1) is 0 Å². The van der Waals surface area contributed by atoms with Crippen LogP contribution in [0.5, 0.6) is 17.2 Å². The van der Waals surface area contributed by atoms with Crippen LogP contribution < -0.4 is 19.5 Å². The molecule has 1 N–H and O–H groups in total. The van der Waals surface area contributed by atoms with Gasteiger partial charge in [0.05, 0.1) is 12.2 Å². The third-order valence-electron chi connectivity index (χ3n) is 4.58. The number of fused-ring (bicyclic) bond motifs is 1. The van der Waals surface area contributed by atoms with E-state index in [1.807, 2.05) is 6.92 Å². The van der Waals surface area contributed by atoms with Crippen molar-refractivity contribution in [3.63, 3.8) is 0 Å². The van der Waals surface area contributed by atoms with Crippen molar-refractivity contribution in [2.24, 2.45) is 0 Å². The third-order valence-corrected chi connectivity index (χ3v) is 4.58. The molecule has 0 saturated heterocycles. The van der Waals surface area contributed by atoms with E-state index < -0.39 is 5.91 Å². The second kappa shape index (κ2) is 7.71. The molecule has 2 aliphatic heterocycles. The SMILES string of the molecule is C=CCN1C(=O)C(Nc2ccc3c(c2)OCO3)=C(c2ccc(OCC)cc2)C1=O. The lowest BCUT2D eigenvalue weighted by Crippen LogP contribution is -2.32. The Balaban J connectivity index is 1.73. The van der Waals surface area contributed by atoms with Crippen LogP contribution in [0.3, 0.4) is 0 Å². The Morgan fingerprint density at radius 1 is 1.10 bits per heavy atom. The molecule has 0 aromatic heterocycles. The average molecular weight is 392 g/mol. The molecule has 0 fully saturated rings. The molecule has 7 heteroatoms. The van der Waals surface area contributed by atoms with Crippen molar-refractivity contribution in [2.45, 2.75) is 6.92 Å². The van der Waals surface area contributed by atoms with E-state index in [2.05, 4.69) is 11.9 Å². The number of amides is 2. The molecule has 0 radical (unpaired) electrons. The van der Waals surface area contributed by atoms with Crippen LogP contribution in [-0.2, 0) is 9.59 Å². The number of hydrogen-bond donors (Lipinski definition) is 1. The number of ether oxygens (including phenoxy) is 3. The number of nitrogens with zero attached hydrogens (tertiary/aromatic N) is 1. The molecule has 0 saturated carbocycles. The second-order valence-electron chi connectivity index (χ2n) is 6.41. The number of nitrogens with one attached hydrogen (secondary N) is 1. The highest BCUT2D eigenvalue weighted by Crippen LogP contribution is 2.36. The summed E-state index contributed by atoms with van der Waals surface area (Å²) < 4.78 is 16.2. The minimum atomic E-state index is -0.406. The Kier molecular flexibility index (Phi) is 4.95. The number of hydrogen-bond acceptors (Lipinski definition) is 6. The molecule has 0 unspecified atom stereocenters. The van der Waals surface area contributed by atoms with Crippen molar-refractivity contribution in [1.29, 1.82) is 0 Å². The Morgan fingerprint density at radius 2 is 1.86 bits per heavy atom. The second-order valence-corrected chi connectivity index (χ2v) is 6.41. The van der Waals surface area contributed by atoms with Gasteiger partial charge in [-0.05, 0) is 36.8 Å². The van der Waals surface area contributed by atoms with Gasteiger partial charge < -0.3 is 19.5 Å². The first-order valence-electron chi connectivity index (χ1n) is 9.23. The summed E-state index contributed by atoms with van der Waals surface area (Å²) in [7, 11) is 0. The van der Waals surface area contributed by atoms with Crippen LogP contribution in [0.25, 0.3) is 5.57 Å².